The summed E-state index contributed by atoms with van der Waals surface area (Å²) in [7, 11) is 0. The molecule has 3 rings (SSSR count). The first-order valence-corrected chi connectivity index (χ1v) is 9.61. The third-order valence-corrected chi connectivity index (χ3v) is 4.64. The van der Waals surface area contributed by atoms with Gasteiger partial charge >= 0.3 is 5.69 Å². The number of nitro benzene ring substituents is 3. The predicted molar refractivity (Wildman–Crippen MR) is 119 cm³/mol. The molecule has 0 saturated heterocycles. The number of non-ortho nitro benzene ring substituents is 2. The van der Waals surface area contributed by atoms with Gasteiger partial charge in [0.25, 0.3) is 11.4 Å². The number of halogens is 1. The van der Waals surface area contributed by atoms with Gasteiger partial charge in [0, 0.05) is 34.9 Å². The number of hydrogen-bond acceptors (Lipinski definition) is 8. The van der Waals surface area contributed by atoms with E-state index in [9.17, 15) is 30.3 Å². The molecule has 3 aromatic rings. The van der Waals surface area contributed by atoms with Gasteiger partial charge in [-0.1, -0.05) is 0 Å². The average Bonchev–Trinajstić information content (AvgIpc) is 2.75. The Morgan fingerprint density at radius 1 is 0.853 bits per heavy atom. The van der Waals surface area contributed by atoms with Gasteiger partial charge in [-0.15, -0.1) is 0 Å². The summed E-state index contributed by atoms with van der Waals surface area (Å²) in [4.78, 5) is 31.4. The zero-order chi connectivity index (χ0) is 24.1. The number of aromatic nitrogens is 1. The van der Waals surface area contributed by atoms with Crippen LogP contribution in [0.15, 0.2) is 66.0 Å². The fraction of sp³-hybridized carbons (Fsp3) is 0.143. The van der Waals surface area contributed by atoms with E-state index in [0.29, 0.717) is 11.3 Å². The van der Waals surface area contributed by atoms with Crippen LogP contribution >= 0.6 is 0 Å². The number of benzene rings is 2. The van der Waals surface area contributed by atoms with Crippen molar-refractivity contribution in [2.24, 2.45) is 5.10 Å². The number of pyridine rings is 1. The molecule has 0 aliphatic rings. The molecule has 1 heterocycles. The van der Waals surface area contributed by atoms with Crippen molar-refractivity contribution in [3.05, 3.63) is 108 Å². The molecular weight excluding hydrogens is 512 g/mol. The van der Waals surface area contributed by atoms with Crippen LogP contribution in [0.25, 0.3) is 0 Å². The molecule has 0 amide bonds. The van der Waals surface area contributed by atoms with Crippen LogP contribution in [0.2, 0.25) is 0 Å². The van der Waals surface area contributed by atoms with E-state index in [4.69, 9.17) is 0 Å². The van der Waals surface area contributed by atoms with Gasteiger partial charge in [0.2, 0.25) is 0 Å². The summed E-state index contributed by atoms with van der Waals surface area (Å²) in [5, 5.41) is 37.7. The fourth-order valence-corrected chi connectivity index (χ4v) is 3.23. The monoisotopic (exact) mass is 530 g/mol. The van der Waals surface area contributed by atoms with Crippen molar-refractivity contribution in [1.29, 1.82) is 0 Å². The first-order chi connectivity index (χ1) is 15.6. The maximum Gasteiger partial charge on any atom is 0.301 e. The molecular formula is C21H19BrN6O6. The van der Waals surface area contributed by atoms with Crippen LogP contribution in [0.3, 0.4) is 0 Å². The van der Waals surface area contributed by atoms with Gasteiger partial charge in [0.15, 0.2) is 18.9 Å². The van der Waals surface area contributed by atoms with E-state index >= 15 is 0 Å². The Kier molecular flexibility index (Phi) is 8.45. The standard InChI is InChI=1S/C21H19N6O6.BrH/c1-14-9-15(2)12-24(11-14)13-20(16-3-5-17(6-4-16)25(28)29)23-22-19-8-7-18(26(30)31)10-21(19)27(32)33;/h3-12,22H,13H2,1-2H3;1H/q+1;/p-1/b23-20+;. The molecule has 2 aromatic carbocycles. The van der Waals surface area contributed by atoms with Crippen molar-refractivity contribution in [3.8, 4) is 0 Å². The summed E-state index contributed by atoms with van der Waals surface area (Å²) in [6, 6.07) is 10.9. The molecule has 0 unspecified atom stereocenters. The highest BCUT2D eigenvalue weighted by Crippen LogP contribution is 2.29. The minimum Gasteiger partial charge on any atom is -1.00 e. The van der Waals surface area contributed by atoms with Gasteiger partial charge in [0.1, 0.15) is 11.4 Å². The summed E-state index contributed by atoms with van der Waals surface area (Å²) in [6.45, 7) is 4.13. The van der Waals surface area contributed by atoms with E-state index in [2.05, 4.69) is 10.5 Å². The Morgan fingerprint density at radius 2 is 1.41 bits per heavy atom. The number of nitrogens with zero attached hydrogens (tertiary/aromatic N) is 5. The molecule has 34 heavy (non-hydrogen) atoms. The molecule has 0 aliphatic heterocycles. The van der Waals surface area contributed by atoms with Crippen molar-refractivity contribution >= 4 is 28.5 Å². The van der Waals surface area contributed by atoms with Crippen molar-refractivity contribution in [3.63, 3.8) is 0 Å². The molecule has 1 aromatic heterocycles. The molecule has 0 bridgehead atoms. The van der Waals surface area contributed by atoms with E-state index in [1.165, 1.54) is 30.3 Å². The number of anilines is 1. The largest absolute Gasteiger partial charge is 1.00 e. The maximum atomic E-state index is 11.4. The fourth-order valence-electron chi connectivity index (χ4n) is 3.23. The van der Waals surface area contributed by atoms with Gasteiger partial charge in [-0.2, -0.15) is 9.67 Å². The van der Waals surface area contributed by atoms with Gasteiger partial charge in [0.05, 0.1) is 20.8 Å². The minimum atomic E-state index is -0.741. The lowest BCUT2D eigenvalue weighted by molar-refractivity contribution is -0.682. The number of nitrogens with one attached hydrogen (secondary N) is 1. The van der Waals surface area contributed by atoms with E-state index in [1.807, 2.05) is 36.9 Å². The van der Waals surface area contributed by atoms with E-state index in [-0.39, 0.29) is 34.9 Å². The number of nitro groups is 3. The lowest BCUT2D eigenvalue weighted by atomic mass is 10.1. The van der Waals surface area contributed by atoms with Crippen molar-refractivity contribution < 1.29 is 36.3 Å². The van der Waals surface area contributed by atoms with Crippen LogP contribution < -0.4 is 27.0 Å². The van der Waals surface area contributed by atoms with E-state index in [1.54, 1.807) is 0 Å². The molecule has 12 nitrogen and oxygen atoms in total. The van der Waals surface area contributed by atoms with Crippen LogP contribution in [-0.2, 0) is 6.54 Å². The third-order valence-electron chi connectivity index (χ3n) is 4.64. The second-order valence-corrected chi connectivity index (χ2v) is 7.25. The topological polar surface area (TPSA) is 158 Å². The Labute approximate surface area is 203 Å². The van der Waals surface area contributed by atoms with E-state index in [0.717, 1.165) is 23.3 Å². The zero-order valence-corrected chi connectivity index (χ0v) is 19.6. The minimum absolute atomic E-state index is 0. The highest BCUT2D eigenvalue weighted by molar-refractivity contribution is 6.00. The summed E-state index contributed by atoms with van der Waals surface area (Å²) in [5.41, 5.74) is 4.60. The Balaban J connectivity index is 0.00000408. The van der Waals surface area contributed by atoms with Gasteiger partial charge in [-0.25, -0.2) is 0 Å². The van der Waals surface area contributed by atoms with Crippen LogP contribution in [0.4, 0.5) is 22.7 Å². The lowest BCUT2D eigenvalue weighted by Crippen LogP contribution is -3.00. The van der Waals surface area contributed by atoms with Crippen molar-refractivity contribution in [2.45, 2.75) is 20.4 Å². The second-order valence-electron chi connectivity index (χ2n) is 7.25. The number of hydrogen-bond donors (Lipinski definition) is 1. The van der Waals surface area contributed by atoms with Crippen LogP contribution in [0, 0.1) is 44.2 Å². The van der Waals surface area contributed by atoms with Gasteiger partial charge in [-0.3, -0.25) is 35.8 Å². The number of rotatable bonds is 8. The molecule has 0 saturated carbocycles. The highest BCUT2D eigenvalue weighted by Gasteiger charge is 2.20. The second kappa shape index (κ2) is 11.0. The van der Waals surface area contributed by atoms with Gasteiger partial charge < -0.3 is 17.0 Å². The average molecular weight is 531 g/mol. The quantitative estimate of drug-likeness (QED) is 0.195. The summed E-state index contributed by atoms with van der Waals surface area (Å²) >= 11 is 0. The van der Waals surface area contributed by atoms with E-state index < -0.39 is 26.1 Å². The van der Waals surface area contributed by atoms with Crippen LogP contribution in [-0.4, -0.2) is 20.5 Å². The van der Waals surface area contributed by atoms with Crippen molar-refractivity contribution in [2.75, 3.05) is 5.43 Å². The molecule has 0 spiro atoms. The Bertz CT molecular complexity index is 1260. The maximum absolute atomic E-state index is 11.4. The van der Waals surface area contributed by atoms with Crippen LogP contribution in [0.1, 0.15) is 16.7 Å². The molecule has 0 atom stereocenters. The molecule has 176 valence electrons. The smallest absolute Gasteiger partial charge is 0.301 e. The molecule has 0 radical (unpaired) electrons. The zero-order valence-electron chi connectivity index (χ0n) is 18.0. The SMILES string of the molecule is Cc1cc(C)c[n+](C/C(=N\Nc2ccc([N+](=O)[O-])cc2[N+](=O)[O-])c2ccc([N+](=O)[O-])cc2)c1.[Br-]. The summed E-state index contributed by atoms with van der Waals surface area (Å²) < 4.78 is 1.87. The highest BCUT2D eigenvalue weighted by atomic mass is 79.9. The summed E-state index contributed by atoms with van der Waals surface area (Å²) in [6.07, 6.45) is 3.78. The molecule has 0 fully saturated rings. The first-order valence-electron chi connectivity index (χ1n) is 9.61. The molecule has 0 aliphatic carbocycles. The number of aryl methyl sites for hydroxylation is 2. The Morgan fingerprint density at radius 3 is 1.94 bits per heavy atom. The molecule has 1 N–H and O–H groups in total. The normalized spacial score (nSPS) is 10.8. The first kappa shape index (κ1) is 26.0. The van der Waals surface area contributed by atoms with Gasteiger partial charge in [-0.05, 0) is 38.1 Å². The van der Waals surface area contributed by atoms with Crippen LogP contribution in [0.5, 0.6) is 0 Å². The Hall–Kier alpha value is -4.26. The van der Waals surface area contributed by atoms with Crippen molar-refractivity contribution in [1.82, 2.24) is 0 Å². The predicted octanol–water partition coefficient (Wildman–Crippen LogP) is 0.836. The number of hydrazone groups is 1. The summed E-state index contributed by atoms with van der Waals surface area (Å²) in [5.74, 6) is 0. The lowest BCUT2D eigenvalue weighted by Gasteiger charge is -2.07. The molecule has 13 heteroatoms. The third kappa shape index (κ3) is 6.38.